The van der Waals surface area contributed by atoms with Gasteiger partial charge in [0.25, 0.3) is 5.91 Å². The van der Waals surface area contributed by atoms with E-state index in [9.17, 15) is 14.7 Å². The summed E-state index contributed by atoms with van der Waals surface area (Å²) in [7, 11) is 0. The lowest BCUT2D eigenvalue weighted by Crippen LogP contribution is -2.31. The van der Waals surface area contributed by atoms with Gasteiger partial charge in [-0.05, 0) is 53.9 Å². The first-order chi connectivity index (χ1) is 20.4. The first-order valence-corrected chi connectivity index (χ1v) is 15.3. The molecular weight excluding hydrogens is 594 g/mol. The lowest BCUT2D eigenvalue weighted by molar-refractivity contribution is -0.117. The van der Waals surface area contributed by atoms with E-state index in [1.807, 2.05) is 43.3 Å². The molecule has 212 valence electrons. The van der Waals surface area contributed by atoms with Gasteiger partial charge in [-0.3, -0.25) is 14.5 Å². The molecule has 11 heteroatoms. The Hall–Kier alpha value is -4.12. The Bertz CT molecular complexity index is 1760. The summed E-state index contributed by atoms with van der Waals surface area (Å²) in [5, 5.41) is 21.3. The Morgan fingerprint density at radius 1 is 1.10 bits per heavy atom. The molecule has 5 aromatic rings. The van der Waals surface area contributed by atoms with Crippen LogP contribution >= 0.6 is 34.7 Å². The van der Waals surface area contributed by atoms with Gasteiger partial charge in [0.1, 0.15) is 11.3 Å². The summed E-state index contributed by atoms with van der Waals surface area (Å²) in [6.45, 7) is 2.58. The number of nitrogens with zero attached hydrogens (tertiary/aromatic N) is 3. The molecule has 1 amide bonds. The maximum absolute atomic E-state index is 13.9. The number of para-hydroxylation sites is 1. The second-order valence-electron chi connectivity index (χ2n) is 9.50. The number of hydrogen-bond donors (Lipinski definition) is 1. The van der Waals surface area contributed by atoms with Gasteiger partial charge >= 0.3 is 0 Å². The number of ketones is 1. The number of Topliss-reactive ketones (excluding diaryl/α,β-unsaturated/α-hetero) is 1. The predicted molar refractivity (Wildman–Crippen MR) is 164 cm³/mol. The molecule has 0 spiro atoms. The number of ether oxygens (including phenoxy) is 1. The van der Waals surface area contributed by atoms with Crippen molar-refractivity contribution >= 4 is 62.5 Å². The SMILES string of the molecule is CCCOc1ccc(C2C(C(=O)c3cc4ccccc4o3)=C(O)C(=O)N2c2nnc(SCc3ccc(Cl)cc3)s2)cc1. The van der Waals surface area contributed by atoms with E-state index in [0.717, 1.165) is 17.4 Å². The van der Waals surface area contributed by atoms with Crippen molar-refractivity contribution in [2.24, 2.45) is 0 Å². The van der Waals surface area contributed by atoms with Crippen LogP contribution in [0.2, 0.25) is 5.02 Å². The molecule has 0 bridgehead atoms. The summed E-state index contributed by atoms with van der Waals surface area (Å²) >= 11 is 8.66. The molecule has 8 nitrogen and oxygen atoms in total. The van der Waals surface area contributed by atoms with Crippen molar-refractivity contribution in [3.05, 3.63) is 112 Å². The summed E-state index contributed by atoms with van der Waals surface area (Å²) in [5.41, 5.74) is 2.09. The zero-order valence-electron chi connectivity index (χ0n) is 22.3. The van der Waals surface area contributed by atoms with Crippen LogP contribution in [-0.2, 0) is 10.5 Å². The average Bonchev–Trinajstić information content (AvgIpc) is 3.72. The maximum atomic E-state index is 13.9. The van der Waals surface area contributed by atoms with E-state index in [1.165, 1.54) is 28.0 Å². The predicted octanol–water partition coefficient (Wildman–Crippen LogP) is 7.80. The smallest absolute Gasteiger partial charge is 0.296 e. The van der Waals surface area contributed by atoms with Crippen LogP contribution in [0, 0.1) is 0 Å². The molecule has 42 heavy (non-hydrogen) atoms. The molecule has 1 aliphatic heterocycles. The largest absolute Gasteiger partial charge is 0.503 e. The molecule has 3 heterocycles. The number of anilines is 1. The highest BCUT2D eigenvalue weighted by Crippen LogP contribution is 2.44. The van der Waals surface area contributed by atoms with Crippen LogP contribution in [0.5, 0.6) is 5.75 Å². The maximum Gasteiger partial charge on any atom is 0.296 e. The number of thioether (sulfide) groups is 1. The van der Waals surface area contributed by atoms with Gasteiger partial charge in [0, 0.05) is 16.2 Å². The Labute approximate surface area is 254 Å². The van der Waals surface area contributed by atoms with Gasteiger partial charge in [-0.2, -0.15) is 0 Å². The van der Waals surface area contributed by atoms with E-state index in [0.29, 0.717) is 38.6 Å². The molecule has 1 atom stereocenters. The van der Waals surface area contributed by atoms with Crippen LogP contribution < -0.4 is 9.64 Å². The molecule has 2 aromatic heterocycles. The molecular formula is C31H24ClN3O5S2. The fourth-order valence-corrected chi connectivity index (χ4v) is 6.58. The molecule has 1 unspecified atom stereocenters. The Kier molecular flexibility index (Phi) is 8.01. The molecule has 3 aromatic carbocycles. The van der Waals surface area contributed by atoms with Crippen molar-refractivity contribution in [1.29, 1.82) is 0 Å². The summed E-state index contributed by atoms with van der Waals surface area (Å²) in [6, 6.07) is 22.5. The van der Waals surface area contributed by atoms with Crippen molar-refractivity contribution in [3.8, 4) is 5.75 Å². The quantitative estimate of drug-likeness (QED) is 0.0961. The fraction of sp³-hybridized carbons (Fsp3) is 0.161. The van der Waals surface area contributed by atoms with Crippen LogP contribution in [0.3, 0.4) is 0 Å². The number of aliphatic hydroxyl groups excluding tert-OH is 1. The van der Waals surface area contributed by atoms with Crippen molar-refractivity contribution in [3.63, 3.8) is 0 Å². The van der Waals surface area contributed by atoms with Crippen LogP contribution in [0.1, 0.15) is 41.1 Å². The Morgan fingerprint density at radius 2 is 1.86 bits per heavy atom. The van der Waals surface area contributed by atoms with Crippen molar-refractivity contribution < 1.29 is 23.8 Å². The molecule has 0 saturated heterocycles. The van der Waals surface area contributed by atoms with Crippen molar-refractivity contribution in [1.82, 2.24) is 10.2 Å². The number of aromatic nitrogens is 2. The number of fused-ring (bicyclic) bond motifs is 1. The van der Waals surface area contributed by atoms with E-state index in [2.05, 4.69) is 10.2 Å². The van der Waals surface area contributed by atoms with Crippen molar-refractivity contribution in [2.45, 2.75) is 29.5 Å². The third-order valence-corrected chi connectivity index (χ3v) is 9.03. The summed E-state index contributed by atoms with van der Waals surface area (Å²) in [5.74, 6) is -0.665. The van der Waals surface area contributed by atoms with Gasteiger partial charge in [0.05, 0.1) is 18.2 Å². The molecule has 1 N–H and O–H groups in total. The van der Waals surface area contributed by atoms with Crippen molar-refractivity contribution in [2.75, 3.05) is 11.5 Å². The van der Waals surface area contributed by atoms with Gasteiger partial charge < -0.3 is 14.3 Å². The molecule has 0 radical (unpaired) electrons. The van der Waals surface area contributed by atoms with E-state index < -0.39 is 23.5 Å². The number of benzene rings is 3. The van der Waals surface area contributed by atoms with Gasteiger partial charge in [-0.25, -0.2) is 0 Å². The van der Waals surface area contributed by atoms with Gasteiger partial charge in [0.2, 0.25) is 10.9 Å². The van der Waals surface area contributed by atoms with Crippen LogP contribution in [0.15, 0.2) is 99.0 Å². The minimum absolute atomic E-state index is 0.0248. The minimum atomic E-state index is -0.958. The third-order valence-electron chi connectivity index (χ3n) is 6.65. The number of carbonyl (C=O) groups excluding carboxylic acids is 2. The van der Waals surface area contributed by atoms with Crippen LogP contribution in [0.25, 0.3) is 11.0 Å². The lowest BCUT2D eigenvalue weighted by atomic mass is 9.95. The normalized spacial score (nSPS) is 15.1. The zero-order valence-corrected chi connectivity index (χ0v) is 24.7. The second kappa shape index (κ2) is 12.0. The average molecular weight is 618 g/mol. The summed E-state index contributed by atoms with van der Waals surface area (Å²) in [4.78, 5) is 28.8. The van der Waals surface area contributed by atoms with Gasteiger partial charge in [-0.1, -0.05) is 84.1 Å². The Balaban J connectivity index is 1.35. The number of aliphatic hydroxyl groups is 1. The summed E-state index contributed by atoms with van der Waals surface area (Å²) in [6.07, 6.45) is 0.856. The highest BCUT2D eigenvalue weighted by Gasteiger charge is 2.46. The number of furan rings is 1. The van der Waals surface area contributed by atoms with Gasteiger partial charge in [-0.15, -0.1) is 10.2 Å². The zero-order chi connectivity index (χ0) is 29.2. The highest BCUT2D eigenvalue weighted by atomic mass is 35.5. The standard InChI is InChI=1S/C31H24ClN3O5S2/c1-2-15-39-22-13-9-19(10-14-22)26-25(27(36)24-16-20-5-3-4-6-23(20)40-24)28(37)29(38)35(26)30-33-34-31(42-30)41-17-18-7-11-21(32)12-8-18/h3-14,16,26,37H,2,15,17H2,1H3. The van der Waals surface area contributed by atoms with E-state index in [4.69, 9.17) is 20.8 Å². The molecule has 0 aliphatic carbocycles. The monoisotopic (exact) mass is 617 g/mol. The number of hydrogen-bond acceptors (Lipinski definition) is 9. The molecule has 6 rings (SSSR count). The molecule has 0 saturated carbocycles. The van der Waals surface area contributed by atoms with Gasteiger partial charge in [0.15, 0.2) is 15.9 Å². The third kappa shape index (κ3) is 5.53. The second-order valence-corrected chi connectivity index (χ2v) is 12.1. The Morgan fingerprint density at radius 3 is 2.60 bits per heavy atom. The molecule has 0 fully saturated rings. The first-order valence-electron chi connectivity index (χ1n) is 13.2. The number of amides is 1. The highest BCUT2D eigenvalue weighted by molar-refractivity contribution is 8.00. The number of halogens is 1. The fourth-order valence-electron chi connectivity index (χ4n) is 4.63. The summed E-state index contributed by atoms with van der Waals surface area (Å²) < 4.78 is 12.2. The molecule has 1 aliphatic rings. The van der Waals surface area contributed by atoms with E-state index in [1.54, 1.807) is 42.5 Å². The topological polar surface area (TPSA) is 106 Å². The lowest BCUT2D eigenvalue weighted by Gasteiger charge is -2.24. The van der Waals surface area contributed by atoms with Crippen LogP contribution in [-0.4, -0.2) is 33.6 Å². The number of carbonyl (C=O) groups is 2. The number of rotatable bonds is 10. The van der Waals surface area contributed by atoms with E-state index in [-0.39, 0.29) is 16.5 Å². The minimum Gasteiger partial charge on any atom is -0.503 e. The first kappa shape index (κ1) is 28.0. The van der Waals surface area contributed by atoms with Crippen LogP contribution in [0.4, 0.5) is 5.13 Å². The van der Waals surface area contributed by atoms with E-state index >= 15 is 0 Å².